The molecule has 0 fully saturated rings. The maximum absolute atomic E-state index is 10.9. The van der Waals surface area contributed by atoms with Gasteiger partial charge in [0.1, 0.15) is 0 Å². The monoisotopic (exact) mass is 271 g/mol. The second-order valence-electron chi connectivity index (χ2n) is 5.26. The molecule has 4 heteroatoms. The molecule has 106 valence electrons. The van der Waals surface area contributed by atoms with Gasteiger partial charge in [-0.05, 0) is 38.3 Å². The molecule has 0 saturated heterocycles. The maximum atomic E-state index is 10.9. The number of aromatic nitrogens is 2. The standard InChI is InChI=1S/C16H21N3O/c1-11-4-6-14(7-5-11)10-19-13(3)15(12(2)18-19)8-9-16(17)20/h4-7H,8-10H2,1-3H3,(H2,17,20). The summed E-state index contributed by atoms with van der Waals surface area (Å²) in [7, 11) is 0. The summed E-state index contributed by atoms with van der Waals surface area (Å²) in [4.78, 5) is 10.9. The van der Waals surface area contributed by atoms with E-state index in [-0.39, 0.29) is 5.91 Å². The molecular formula is C16H21N3O. The van der Waals surface area contributed by atoms with Crippen molar-refractivity contribution >= 4 is 5.91 Å². The van der Waals surface area contributed by atoms with Crippen LogP contribution in [0.5, 0.6) is 0 Å². The highest BCUT2D eigenvalue weighted by Gasteiger charge is 2.12. The van der Waals surface area contributed by atoms with Crippen molar-refractivity contribution in [3.8, 4) is 0 Å². The lowest BCUT2D eigenvalue weighted by atomic mass is 10.1. The van der Waals surface area contributed by atoms with Crippen molar-refractivity contribution < 1.29 is 4.79 Å². The van der Waals surface area contributed by atoms with Gasteiger partial charge in [0.2, 0.25) is 5.91 Å². The van der Waals surface area contributed by atoms with E-state index >= 15 is 0 Å². The van der Waals surface area contributed by atoms with Gasteiger partial charge < -0.3 is 5.73 Å². The van der Waals surface area contributed by atoms with Gasteiger partial charge in [0.25, 0.3) is 0 Å². The molecule has 20 heavy (non-hydrogen) atoms. The first kappa shape index (κ1) is 14.3. The van der Waals surface area contributed by atoms with Crippen LogP contribution < -0.4 is 5.73 Å². The number of nitrogens with two attached hydrogens (primary N) is 1. The molecule has 1 amide bonds. The lowest BCUT2D eigenvalue weighted by molar-refractivity contribution is -0.117. The van der Waals surface area contributed by atoms with E-state index in [0.29, 0.717) is 12.8 Å². The number of nitrogens with zero attached hydrogens (tertiary/aromatic N) is 2. The molecular weight excluding hydrogens is 250 g/mol. The number of carbonyl (C=O) groups is 1. The third kappa shape index (κ3) is 3.26. The molecule has 0 aliphatic carbocycles. The Labute approximate surface area is 119 Å². The fourth-order valence-electron chi connectivity index (χ4n) is 2.36. The van der Waals surface area contributed by atoms with E-state index in [9.17, 15) is 4.79 Å². The lowest BCUT2D eigenvalue weighted by Gasteiger charge is -2.06. The molecule has 2 aromatic rings. The summed E-state index contributed by atoms with van der Waals surface area (Å²) in [6, 6.07) is 8.45. The number of primary amides is 1. The van der Waals surface area contributed by atoms with Crippen LogP contribution in [0.25, 0.3) is 0 Å². The second kappa shape index (κ2) is 5.90. The molecule has 0 unspecified atom stereocenters. The van der Waals surface area contributed by atoms with Crippen LogP contribution in [0.3, 0.4) is 0 Å². The van der Waals surface area contributed by atoms with Crippen LogP contribution in [-0.2, 0) is 17.8 Å². The van der Waals surface area contributed by atoms with Crippen molar-refractivity contribution in [2.45, 2.75) is 40.2 Å². The van der Waals surface area contributed by atoms with Crippen LogP contribution >= 0.6 is 0 Å². The SMILES string of the molecule is Cc1ccc(Cn2nc(C)c(CCC(N)=O)c2C)cc1. The smallest absolute Gasteiger partial charge is 0.217 e. The highest BCUT2D eigenvalue weighted by Crippen LogP contribution is 2.16. The van der Waals surface area contributed by atoms with Gasteiger partial charge in [-0.1, -0.05) is 29.8 Å². The quantitative estimate of drug-likeness (QED) is 0.906. The summed E-state index contributed by atoms with van der Waals surface area (Å²) in [5.74, 6) is -0.268. The van der Waals surface area contributed by atoms with Gasteiger partial charge >= 0.3 is 0 Å². The van der Waals surface area contributed by atoms with E-state index < -0.39 is 0 Å². The van der Waals surface area contributed by atoms with Crippen molar-refractivity contribution in [2.24, 2.45) is 5.73 Å². The van der Waals surface area contributed by atoms with Gasteiger partial charge in [0.05, 0.1) is 12.2 Å². The molecule has 0 spiro atoms. The third-order valence-corrected chi connectivity index (χ3v) is 3.61. The molecule has 1 heterocycles. The van der Waals surface area contributed by atoms with E-state index in [2.05, 4.69) is 36.3 Å². The number of amides is 1. The lowest BCUT2D eigenvalue weighted by Crippen LogP contribution is -2.11. The number of benzene rings is 1. The summed E-state index contributed by atoms with van der Waals surface area (Å²) in [6.45, 7) is 6.86. The summed E-state index contributed by atoms with van der Waals surface area (Å²) >= 11 is 0. The van der Waals surface area contributed by atoms with Crippen molar-refractivity contribution in [3.63, 3.8) is 0 Å². The maximum Gasteiger partial charge on any atom is 0.217 e. The van der Waals surface area contributed by atoms with Crippen molar-refractivity contribution in [3.05, 3.63) is 52.3 Å². The summed E-state index contributed by atoms with van der Waals surface area (Å²) in [5.41, 5.74) is 10.9. The van der Waals surface area contributed by atoms with Crippen LogP contribution in [0.1, 0.15) is 34.5 Å². The van der Waals surface area contributed by atoms with Gasteiger partial charge in [-0.2, -0.15) is 5.10 Å². The van der Waals surface area contributed by atoms with Crippen LogP contribution in [0, 0.1) is 20.8 Å². The van der Waals surface area contributed by atoms with Gasteiger partial charge in [-0.25, -0.2) is 0 Å². The molecule has 2 N–H and O–H groups in total. The Kier molecular flexibility index (Phi) is 4.23. The minimum atomic E-state index is -0.268. The first-order valence-corrected chi connectivity index (χ1v) is 6.84. The van der Waals surface area contributed by atoms with Gasteiger partial charge in [0.15, 0.2) is 0 Å². The summed E-state index contributed by atoms with van der Waals surface area (Å²) < 4.78 is 2.00. The van der Waals surface area contributed by atoms with Crippen molar-refractivity contribution in [1.29, 1.82) is 0 Å². The number of hydrogen-bond acceptors (Lipinski definition) is 2. The molecule has 0 atom stereocenters. The zero-order valence-corrected chi connectivity index (χ0v) is 12.3. The first-order chi connectivity index (χ1) is 9.47. The minimum Gasteiger partial charge on any atom is -0.370 e. The Balaban J connectivity index is 2.18. The molecule has 4 nitrogen and oxygen atoms in total. The Bertz CT molecular complexity index is 611. The molecule has 0 radical (unpaired) electrons. The van der Waals surface area contributed by atoms with Gasteiger partial charge in [-0.15, -0.1) is 0 Å². The zero-order valence-electron chi connectivity index (χ0n) is 12.3. The normalized spacial score (nSPS) is 10.8. The van der Waals surface area contributed by atoms with E-state index in [4.69, 9.17) is 5.73 Å². The fraction of sp³-hybridized carbons (Fsp3) is 0.375. The number of hydrogen-bond donors (Lipinski definition) is 1. The topological polar surface area (TPSA) is 60.9 Å². The van der Waals surface area contributed by atoms with E-state index in [1.807, 2.05) is 18.5 Å². The average molecular weight is 271 g/mol. The van der Waals surface area contributed by atoms with E-state index in [0.717, 1.165) is 23.5 Å². The van der Waals surface area contributed by atoms with E-state index in [1.165, 1.54) is 11.1 Å². The highest BCUT2D eigenvalue weighted by molar-refractivity contribution is 5.74. The van der Waals surface area contributed by atoms with Crippen LogP contribution in [0.4, 0.5) is 0 Å². The fourth-order valence-corrected chi connectivity index (χ4v) is 2.36. The van der Waals surface area contributed by atoms with Crippen LogP contribution in [0.2, 0.25) is 0 Å². The molecule has 0 bridgehead atoms. The largest absolute Gasteiger partial charge is 0.370 e. The Morgan fingerprint density at radius 3 is 2.45 bits per heavy atom. The molecule has 1 aromatic carbocycles. The summed E-state index contributed by atoms with van der Waals surface area (Å²) in [6.07, 6.45) is 1.04. The van der Waals surface area contributed by atoms with Gasteiger partial charge in [0, 0.05) is 12.1 Å². The van der Waals surface area contributed by atoms with Crippen molar-refractivity contribution in [1.82, 2.24) is 9.78 Å². The summed E-state index contributed by atoms with van der Waals surface area (Å²) in [5, 5.41) is 4.57. The molecule has 0 aliphatic heterocycles. The molecule has 2 rings (SSSR count). The molecule has 0 saturated carbocycles. The van der Waals surface area contributed by atoms with E-state index in [1.54, 1.807) is 0 Å². The predicted octanol–water partition coefficient (Wildman–Crippen LogP) is 2.27. The van der Waals surface area contributed by atoms with Crippen LogP contribution in [0.15, 0.2) is 24.3 Å². The first-order valence-electron chi connectivity index (χ1n) is 6.84. The Hall–Kier alpha value is -2.10. The highest BCUT2D eigenvalue weighted by atomic mass is 16.1. The number of carbonyl (C=O) groups excluding carboxylic acids is 1. The van der Waals surface area contributed by atoms with Crippen LogP contribution in [-0.4, -0.2) is 15.7 Å². The Morgan fingerprint density at radius 1 is 1.20 bits per heavy atom. The Morgan fingerprint density at radius 2 is 1.85 bits per heavy atom. The zero-order chi connectivity index (χ0) is 14.7. The number of aryl methyl sites for hydroxylation is 2. The van der Waals surface area contributed by atoms with Crippen molar-refractivity contribution in [2.75, 3.05) is 0 Å². The third-order valence-electron chi connectivity index (χ3n) is 3.61. The predicted molar refractivity (Wildman–Crippen MR) is 79.5 cm³/mol. The van der Waals surface area contributed by atoms with Gasteiger partial charge in [-0.3, -0.25) is 9.48 Å². The minimum absolute atomic E-state index is 0.268. The average Bonchev–Trinajstić information content (AvgIpc) is 2.65. The molecule has 1 aromatic heterocycles. The number of rotatable bonds is 5. The second-order valence-corrected chi connectivity index (χ2v) is 5.26. The molecule has 0 aliphatic rings.